The molecule has 0 N–H and O–H groups in total. The standard InChI is InChI=1S/C10H20O2/c1-4-9(5-2)10(11)7-6-8-12-3/h9H,4-8H2,1-3H3. The van der Waals surface area contributed by atoms with Crippen molar-refractivity contribution in [1.29, 1.82) is 0 Å². The van der Waals surface area contributed by atoms with Crippen molar-refractivity contribution in [3.63, 3.8) is 0 Å². The second-order valence-electron chi connectivity index (χ2n) is 3.08. The van der Waals surface area contributed by atoms with Gasteiger partial charge in [-0.3, -0.25) is 4.79 Å². The molecule has 0 rings (SSSR count). The maximum Gasteiger partial charge on any atom is 0.136 e. The van der Waals surface area contributed by atoms with Crippen LogP contribution in [0.4, 0.5) is 0 Å². The Kier molecular flexibility index (Phi) is 7.06. The molecule has 0 fully saturated rings. The topological polar surface area (TPSA) is 26.3 Å². The molecule has 0 spiro atoms. The van der Waals surface area contributed by atoms with Crippen molar-refractivity contribution < 1.29 is 9.53 Å². The predicted molar refractivity (Wildman–Crippen MR) is 50.2 cm³/mol. The van der Waals surface area contributed by atoms with Crippen LogP contribution in [0.25, 0.3) is 0 Å². The van der Waals surface area contributed by atoms with Crippen molar-refractivity contribution in [3.05, 3.63) is 0 Å². The van der Waals surface area contributed by atoms with Crippen LogP contribution in [0, 0.1) is 5.92 Å². The van der Waals surface area contributed by atoms with Crippen molar-refractivity contribution in [3.8, 4) is 0 Å². The van der Waals surface area contributed by atoms with E-state index in [9.17, 15) is 4.79 Å². The van der Waals surface area contributed by atoms with E-state index in [0.717, 1.165) is 19.3 Å². The van der Waals surface area contributed by atoms with Gasteiger partial charge in [0, 0.05) is 26.1 Å². The zero-order valence-corrected chi connectivity index (χ0v) is 8.43. The summed E-state index contributed by atoms with van der Waals surface area (Å²) in [7, 11) is 1.67. The monoisotopic (exact) mass is 172 g/mol. The van der Waals surface area contributed by atoms with E-state index in [1.54, 1.807) is 7.11 Å². The van der Waals surface area contributed by atoms with Gasteiger partial charge in [-0.2, -0.15) is 0 Å². The van der Waals surface area contributed by atoms with Crippen molar-refractivity contribution in [2.45, 2.75) is 39.5 Å². The number of Topliss-reactive ketones (excluding diaryl/α,β-unsaturated/α-hetero) is 1. The first kappa shape index (κ1) is 11.6. The lowest BCUT2D eigenvalue weighted by molar-refractivity contribution is -0.123. The Morgan fingerprint density at radius 1 is 1.33 bits per heavy atom. The molecular weight excluding hydrogens is 152 g/mol. The van der Waals surface area contributed by atoms with Crippen molar-refractivity contribution in [2.75, 3.05) is 13.7 Å². The van der Waals surface area contributed by atoms with Crippen molar-refractivity contribution in [1.82, 2.24) is 0 Å². The predicted octanol–water partition coefficient (Wildman–Crippen LogP) is 2.42. The Morgan fingerprint density at radius 2 is 1.92 bits per heavy atom. The Morgan fingerprint density at radius 3 is 2.33 bits per heavy atom. The van der Waals surface area contributed by atoms with Gasteiger partial charge in [0.15, 0.2) is 0 Å². The summed E-state index contributed by atoms with van der Waals surface area (Å²) < 4.78 is 4.89. The number of methoxy groups -OCH3 is 1. The number of ketones is 1. The first-order valence-electron chi connectivity index (χ1n) is 4.77. The Bertz CT molecular complexity index is 117. The van der Waals surface area contributed by atoms with E-state index in [0.29, 0.717) is 18.8 Å². The molecule has 0 aliphatic carbocycles. The summed E-state index contributed by atoms with van der Waals surface area (Å²) >= 11 is 0. The lowest BCUT2D eigenvalue weighted by atomic mass is 9.95. The van der Waals surface area contributed by atoms with Gasteiger partial charge in [-0.25, -0.2) is 0 Å². The van der Waals surface area contributed by atoms with Crippen LogP contribution in [-0.2, 0) is 9.53 Å². The fraction of sp³-hybridized carbons (Fsp3) is 0.900. The summed E-state index contributed by atoms with van der Waals surface area (Å²) in [6, 6.07) is 0. The molecule has 2 heteroatoms. The van der Waals surface area contributed by atoms with Gasteiger partial charge >= 0.3 is 0 Å². The molecular formula is C10H20O2. The van der Waals surface area contributed by atoms with Gasteiger partial charge in [-0.05, 0) is 19.3 Å². The normalized spacial score (nSPS) is 10.7. The summed E-state index contributed by atoms with van der Waals surface area (Å²) in [5.74, 6) is 0.680. The van der Waals surface area contributed by atoms with Crippen LogP contribution in [0.15, 0.2) is 0 Å². The van der Waals surface area contributed by atoms with Crippen LogP contribution in [0.3, 0.4) is 0 Å². The number of ether oxygens (including phenoxy) is 1. The first-order valence-corrected chi connectivity index (χ1v) is 4.77. The number of carbonyl (C=O) groups is 1. The fourth-order valence-electron chi connectivity index (χ4n) is 1.34. The van der Waals surface area contributed by atoms with E-state index in [4.69, 9.17) is 4.74 Å². The minimum Gasteiger partial charge on any atom is -0.385 e. The second-order valence-corrected chi connectivity index (χ2v) is 3.08. The van der Waals surface area contributed by atoms with E-state index in [1.807, 2.05) is 0 Å². The van der Waals surface area contributed by atoms with Crippen LogP contribution in [0.1, 0.15) is 39.5 Å². The van der Waals surface area contributed by atoms with Gasteiger partial charge in [0.25, 0.3) is 0 Å². The van der Waals surface area contributed by atoms with Gasteiger partial charge in [0.2, 0.25) is 0 Å². The molecule has 0 atom stereocenters. The molecule has 0 aromatic heterocycles. The maximum absolute atomic E-state index is 11.4. The van der Waals surface area contributed by atoms with E-state index in [-0.39, 0.29) is 5.92 Å². The van der Waals surface area contributed by atoms with Gasteiger partial charge in [-0.1, -0.05) is 13.8 Å². The molecule has 0 unspecified atom stereocenters. The summed E-state index contributed by atoms with van der Waals surface area (Å²) in [6.07, 6.45) is 3.50. The minimum atomic E-state index is 0.279. The maximum atomic E-state index is 11.4. The lowest BCUT2D eigenvalue weighted by Crippen LogP contribution is -2.12. The average Bonchev–Trinajstić information content (AvgIpc) is 2.07. The highest BCUT2D eigenvalue weighted by molar-refractivity contribution is 5.80. The molecule has 0 heterocycles. The fourth-order valence-corrected chi connectivity index (χ4v) is 1.34. The average molecular weight is 172 g/mol. The van der Waals surface area contributed by atoms with E-state index in [2.05, 4.69) is 13.8 Å². The number of carbonyl (C=O) groups excluding carboxylic acids is 1. The quantitative estimate of drug-likeness (QED) is 0.551. The minimum absolute atomic E-state index is 0.279. The number of hydrogen-bond acceptors (Lipinski definition) is 2. The van der Waals surface area contributed by atoms with Crippen LogP contribution in [0.2, 0.25) is 0 Å². The van der Waals surface area contributed by atoms with Gasteiger partial charge in [0.05, 0.1) is 0 Å². The zero-order chi connectivity index (χ0) is 9.40. The first-order chi connectivity index (χ1) is 5.76. The van der Waals surface area contributed by atoms with E-state index < -0.39 is 0 Å². The van der Waals surface area contributed by atoms with E-state index >= 15 is 0 Å². The number of rotatable bonds is 7. The molecule has 0 aromatic carbocycles. The van der Waals surface area contributed by atoms with Crippen molar-refractivity contribution in [2.24, 2.45) is 5.92 Å². The highest BCUT2D eigenvalue weighted by Crippen LogP contribution is 2.11. The van der Waals surface area contributed by atoms with E-state index in [1.165, 1.54) is 0 Å². The highest BCUT2D eigenvalue weighted by Gasteiger charge is 2.12. The smallest absolute Gasteiger partial charge is 0.136 e. The summed E-state index contributed by atoms with van der Waals surface area (Å²) in [4.78, 5) is 11.4. The summed E-state index contributed by atoms with van der Waals surface area (Å²) in [5.41, 5.74) is 0. The van der Waals surface area contributed by atoms with Crippen LogP contribution < -0.4 is 0 Å². The summed E-state index contributed by atoms with van der Waals surface area (Å²) in [6.45, 7) is 4.84. The molecule has 0 bridgehead atoms. The Labute approximate surface area is 75.3 Å². The van der Waals surface area contributed by atoms with Crippen LogP contribution in [-0.4, -0.2) is 19.5 Å². The third-order valence-corrected chi connectivity index (χ3v) is 2.21. The van der Waals surface area contributed by atoms with Crippen molar-refractivity contribution >= 4 is 5.78 Å². The van der Waals surface area contributed by atoms with Gasteiger partial charge < -0.3 is 4.74 Å². The Hall–Kier alpha value is -0.370. The molecule has 0 aliphatic rings. The Balaban J connectivity index is 3.54. The lowest BCUT2D eigenvalue weighted by Gasteiger charge is -2.09. The second kappa shape index (κ2) is 7.29. The van der Waals surface area contributed by atoms with Crippen LogP contribution in [0.5, 0.6) is 0 Å². The summed E-state index contributed by atoms with van der Waals surface area (Å²) in [5, 5.41) is 0. The third-order valence-electron chi connectivity index (χ3n) is 2.21. The zero-order valence-electron chi connectivity index (χ0n) is 8.43. The molecule has 0 saturated carbocycles. The molecule has 0 saturated heterocycles. The largest absolute Gasteiger partial charge is 0.385 e. The van der Waals surface area contributed by atoms with Gasteiger partial charge in [0.1, 0.15) is 5.78 Å². The molecule has 12 heavy (non-hydrogen) atoms. The molecule has 0 amide bonds. The molecule has 72 valence electrons. The molecule has 2 nitrogen and oxygen atoms in total. The molecule has 0 aromatic rings. The van der Waals surface area contributed by atoms with Gasteiger partial charge in [-0.15, -0.1) is 0 Å². The SMILES string of the molecule is CCC(CC)C(=O)CCCOC. The molecule has 0 aliphatic heterocycles. The highest BCUT2D eigenvalue weighted by atomic mass is 16.5. The third kappa shape index (κ3) is 4.50. The van der Waals surface area contributed by atoms with Crippen LogP contribution >= 0.6 is 0 Å². The molecule has 0 radical (unpaired) electrons. The number of hydrogen-bond donors (Lipinski definition) is 0.